The van der Waals surface area contributed by atoms with Gasteiger partial charge in [-0.2, -0.15) is 0 Å². The first-order chi connectivity index (χ1) is 12.1. The molecule has 6 heteroatoms. The molecule has 1 N–H and O–H groups in total. The maximum atomic E-state index is 12.0. The Balaban J connectivity index is 1.45. The first-order valence-electron chi connectivity index (χ1n) is 8.02. The molecule has 0 unspecified atom stereocenters. The Kier molecular flexibility index (Phi) is 5.18. The Bertz CT molecular complexity index is 760. The molecule has 0 saturated carbocycles. The molecule has 1 amide bonds. The fourth-order valence-corrected chi connectivity index (χ4v) is 2.46. The zero-order valence-corrected chi connectivity index (χ0v) is 13.9. The number of ether oxygens (including phenoxy) is 3. The second-order valence-electron chi connectivity index (χ2n) is 5.76. The van der Waals surface area contributed by atoms with Crippen LogP contribution in [0.25, 0.3) is 0 Å². The van der Waals surface area contributed by atoms with Gasteiger partial charge in [0.15, 0.2) is 18.1 Å². The monoisotopic (exact) mass is 341 g/mol. The van der Waals surface area contributed by atoms with Crippen LogP contribution in [-0.2, 0) is 9.53 Å². The van der Waals surface area contributed by atoms with Crippen LogP contribution >= 0.6 is 0 Å². The van der Waals surface area contributed by atoms with Gasteiger partial charge in [0.2, 0.25) is 6.79 Å². The maximum absolute atomic E-state index is 12.0. The average molecular weight is 341 g/mol. The zero-order valence-electron chi connectivity index (χ0n) is 13.9. The Morgan fingerprint density at radius 1 is 1.12 bits per heavy atom. The molecule has 1 heterocycles. The normalized spacial score (nSPS) is 13.2. The van der Waals surface area contributed by atoms with Crippen LogP contribution in [0.1, 0.15) is 28.8 Å². The molecule has 1 aliphatic heterocycles. The van der Waals surface area contributed by atoms with E-state index in [1.807, 2.05) is 37.3 Å². The van der Waals surface area contributed by atoms with Gasteiger partial charge in [0.05, 0.1) is 5.56 Å². The zero-order chi connectivity index (χ0) is 17.6. The van der Waals surface area contributed by atoms with Crippen LogP contribution in [0.4, 0.5) is 0 Å². The Morgan fingerprint density at radius 2 is 1.88 bits per heavy atom. The molecule has 3 rings (SSSR count). The molecule has 0 saturated heterocycles. The first-order valence-corrected chi connectivity index (χ1v) is 8.02. The third-order valence-electron chi connectivity index (χ3n) is 3.92. The van der Waals surface area contributed by atoms with Crippen molar-refractivity contribution in [3.8, 4) is 11.5 Å². The lowest BCUT2D eigenvalue weighted by Crippen LogP contribution is -2.31. The molecule has 2 aromatic carbocycles. The summed E-state index contributed by atoms with van der Waals surface area (Å²) >= 11 is 0. The number of nitrogens with one attached hydrogen (secondary N) is 1. The Morgan fingerprint density at radius 3 is 2.68 bits per heavy atom. The summed E-state index contributed by atoms with van der Waals surface area (Å²) in [5, 5.41) is 2.77. The van der Waals surface area contributed by atoms with E-state index in [0.717, 1.165) is 5.56 Å². The van der Waals surface area contributed by atoms with Gasteiger partial charge in [-0.3, -0.25) is 4.79 Å². The molecule has 6 nitrogen and oxygen atoms in total. The molecule has 0 fully saturated rings. The molecule has 0 aliphatic carbocycles. The molecule has 0 spiro atoms. The van der Waals surface area contributed by atoms with Gasteiger partial charge in [0.25, 0.3) is 5.91 Å². The molecular formula is C19H19NO5. The molecular weight excluding hydrogens is 322 g/mol. The van der Waals surface area contributed by atoms with Crippen LogP contribution in [0.2, 0.25) is 0 Å². The van der Waals surface area contributed by atoms with Gasteiger partial charge in [-0.15, -0.1) is 0 Å². The number of amides is 1. The predicted octanol–water partition coefficient (Wildman–Crippen LogP) is 2.49. The fraction of sp³-hybridized carbons (Fsp3) is 0.263. The van der Waals surface area contributed by atoms with E-state index in [1.165, 1.54) is 0 Å². The number of esters is 1. The van der Waals surface area contributed by atoms with Gasteiger partial charge in [0, 0.05) is 6.54 Å². The lowest BCUT2D eigenvalue weighted by Gasteiger charge is -2.13. The predicted molar refractivity (Wildman–Crippen MR) is 90.7 cm³/mol. The van der Waals surface area contributed by atoms with Gasteiger partial charge >= 0.3 is 5.97 Å². The minimum Gasteiger partial charge on any atom is -0.454 e. The van der Waals surface area contributed by atoms with Crippen molar-refractivity contribution in [1.29, 1.82) is 0 Å². The van der Waals surface area contributed by atoms with Crippen molar-refractivity contribution in [1.82, 2.24) is 5.32 Å². The Labute approximate surface area is 145 Å². The third kappa shape index (κ3) is 4.29. The summed E-state index contributed by atoms with van der Waals surface area (Å²) in [7, 11) is 0. The van der Waals surface area contributed by atoms with Crippen LogP contribution in [0, 0.1) is 0 Å². The fourth-order valence-electron chi connectivity index (χ4n) is 2.46. The smallest absolute Gasteiger partial charge is 0.338 e. The number of benzene rings is 2. The van der Waals surface area contributed by atoms with E-state index in [1.54, 1.807) is 18.2 Å². The van der Waals surface area contributed by atoms with E-state index in [9.17, 15) is 9.59 Å². The number of hydrogen-bond acceptors (Lipinski definition) is 5. The highest BCUT2D eigenvalue weighted by Crippen LogP contribution is 2.32. The van der Waals surface area contributed by atoms with Crippen LogP contribution in [0.3, 0.4) is 0 Å². The van der Waals surface area contributed by atoms with Crippen LogP contribution in [0.15, 0.2) is 48.5 Å². The van der Waals surface area contributed by atoms with Crippen molar-refractivity contribution in [2.75, 3.05) is 19.9 Å². The van der Waals surface area contributed by atoms with E-state index in [4.69, 9.17) is 14.2 Å². The minimum absolute atomic E-state index is 0.135. The number of hydrogen-bond donors (Lipinski definition) is 1. The van der Waals surface area contributed by atoms with Crippen LogP contribution in [0.5, 0.6) is 11.5 Å². The van der Waals surface area contributed by atoms with E-state index in [0.29, 0.717) is 23.6 Å². The highest BCUT2D eigenvalue weighted by Gasteiger charge is 2.17. The number of rotatable bonds is 6. The maximum Gasteiger partial charge on any atom is 0.338 e. The Hall–Kier alpha value is -3.02. The summed E-state index contributed by atoms with van der Waals surface area (Å²) < 4.78 is 15.4. The molecule has 1 aliphatic rings. The summed E-state index contributed by atoms with van der Waals surface area (Å²) in [6, 6.07) is 14.6. The topological polar surface area (TPSA) is 73.9 Å². The van der Waals surface area contributed by atoms with Crippen molar-refractivity contribution < 1.29 is 23.8 Å². The number of carbonyl (C=O) groups excluding carboxylic acids is 2. The molecule has 2 aromatic rings. The highest BCUT2D eigenvalue weighted by molar-refractivity contribution is 5.92. The van der Waals surface area contributed by atoms with Gasteiger partial charge < -0.3 is 19.5 Å². The van der Waals surface area contributed by atoms with Gasteiger partial charge in [-0.1, -0.05) is 37.3 Å². The van der Waals surface area contributed by atoms with Crippen molar-refractivity contribution >= 4 is 11.9 Å². The van der Waals surface area contributed by atoms with Gasteiger partial charge in [0.1, 0.15) is 0 Å². The second kappa shape index (κ2) is 7.70. The summed E-state index contributed by atoms with van der Waals surface area (Å²) in [5.41, 5.74) is 1.45. The molecule has 130 valence electrons. The average Bonchev–Trinajstić information content (AvgIpc) is 3.12. The van der Waals surface area contributed by atoms with Crippen molar-refractivity contribution in [3.63, 3.8) is 0 Å². The van der Waals surface area contributed by atoms with Crippen molar-refractivity contribution in [2.24, 2.45) is 0 Å². The molecule has 0 aromatic heterocycles. The van der Waals surface area contributed by atoms with E-state index < -0.39 is 5.97 Å². The summed E-state index contributed by atoms with van der Waals surface area (Å²) in [6.45, 7) is 2.31. The molecule has 0 radical (unpaired) electrons. The SMILES string of the molecule is C[C@H](CNC(=O)COC(=O)c1ccc2c(c1)OCO2)c1ccccc1. The van der Waals surface area contributed by atoms with Gasteiger partial charge in [-0.05, 0) is 29.7 Å². The van der Waals surface area contributed by atoms with E-state index in [2.05, 4.69) is 5.32 Å². The lowest BCUT2D eigenvalue weighted by molar-refractivity contribution is -0.124. The molecule has 0 bridgehead atoms. The first kappa shape index (κ1) is 16.8. The summed E-state index contributed by atoms with van der Waals surface area (Å²) in [4.78, 5) is 23.9. The van der Waals surface area contributed by atoms with Gasteiger partial charge in [-0.25, -0.2) is 4.79 Å². The summed E-state index contributed by atoms with van der Waals surface area (Å²) in [5.74, 6) is 0.343. The highest BCUT2D eigenvalue weighted by atomic mass is 16.7. The standard InChI is InChI=1S/C19H19NO5/c1-13(14-5-3-2-4-6-14)10-20-18(21)11-23-19(22)15-7-8-16-17(9-15)25-12-24-16/h2-9,13H,10-12H2,1H3,(H,20,21)/t13-/m1/s1. The largest absolute Gasteiger partial charge is 0.454 e. The minimum atomic E-state index is -0.579. The molecule has 25 heavy (non-hydrogen) atoms. The van der Waals surface area contributed by atoms with E-state index >= 15 is 0 Å². The van der Waals surface area contributed by atoms with Crippen LogP contribution < -0.4 is 14.8 Å². The lowest BCUT2D eigenvalue weighted by atomic mass is 10.0. The van der Waals surface area contributed by atoms with Crippen LogP contribution in [-0.4, -0.2) is 31.8 Å². The quantitative estimate of drug-likeness (QED) is 0.817. The van der Waals surface area contributed by atoms with Crippen molar-refractivity contribution in [2.45, 2.75) is 12.8 Å². The summed E-state index contributed by atoms with van der Waals surface area (Å²) in [6.07, 6.45) is 0. The second-order valence-corrected chi connectivity index (χ2v) is 5.76. The van der Waals surface area contributed by atoms with Crippen molar-refractivity contribution in [3.05, 3.63) is 59.7 Å². The number of carbonyl (C=O) groups is 2. The number of fused-ring (bicyclic) bond motifs is 1. The molecule has 1 atom stereocenters. The van der Waals surface area contributed by atoms with E-state index in [-0.39, 0.29) is 25.2 Å². The third-order valence-corrected chi connectivity index (χ3v) is 3.92.